The number of rotatable bonds is 4. The van der Waals surface area contributed by atoms with Crippen molar-refractivity contribution in [1.29, 1.82) is 0 Å². The molecule has 4 nitrogen and oxygen atoms in total. The van der Waals surface area contributed by atoms with E-state index in [2.05, 4.69) is 62.0 Å². The number of aromatic nitrogens is 2. The van der Waals surface area contributed by atoms with Gasteiger partial charge in [-0.05, 0) is 48.3 Å². The van der Waals surface area contributed by atoms with Gasteiger partial charge in [-0.2, -0.15) is 0 Å². The molecule has 2 heterocycles. The molecule has 3 aromatic rings. The smallest absolute Gasteiger partial charge is 0.187 e. The van der Waals surface area contributed by atoms with Crippen LogP contribution in [0.2, 0.25) is 24.3 Å². The number of nitrogen functional groups attached to an aromatic ring is 1. The monoisotopic (exact) mass is 387 g/mol. The molecule has 0 unspecified atom stereocenters. The highest BCUT2D eigenvalue weighted by Gasteiger charge is 2.29. The maximum Gasteiger partial charge on any atom is 0.187 e. The number of pyridine rings is 2. The lowest BCUT2D eigenvalue weighted by Crippen LogP contribution is -2.34. The van der Waals surface area contributed by atoms with Crippen LogP contribution in [0.15, 0.2) is 30.3 Å². The molecule has 0 atom stereocenters. The van der Waals surface area contributed by atoms with Crippen molar-refractivity contribution in [2.45, 2.75) is 46.5 Å². The zero-order valence-electron chi connectivity index (χ0n) is 16.1. The van der Waals surface area contributed by atoms with Gasteiger partial charge in [0, 0.05) is 10.8 Å². The van der Waals surface area contributed by atoms with Crippen molar-refractivity contribution in [1.82, 2.24) is 9.97 Å². The summed E-state index contributed by atoms with van der Waals surface area (Å²) < 4.78 is 6.32. The number of hydrogen-bond donors (Lipinski definition) is 1. The highest BCUT2D eigenvalue weighted by atomic mass is 35.5. The third-order valence-electron chi connectivity index (χ3n) is 4.28. The van der Waals surface area contributed by atoms with Crippen LogP contribution in [-0.2, 0) is 11.0 Å². The zero-order chi connectivity index (χ0) is 19.1. The second-order valence-corrected chi connectivity index (χ2v) is 13.2. The summed E-state index contributed by atoms with van der Waals surface area (Å²) in [5, 5.41) is 2.40. The molecule has 2 aromatic heterocycles. The number of halogens is 1. The first-order chi connectivity index (χ1) is 12.0. The Morgan fingerprint density at radius 1 is 1.08 bits per heavy atom. The van der Waals surface area contributed by atoms with Gasteiger partial charge in [-0.3, -0.25) is 0 Å². The van der Waals surface area contributed by atoms with Crippen molar-refractivity contribution in [3.63, 3.8) is 0 Å². The Balaban J connectivity index is 1.90. The van der Waals surface area contributed by atoms with E-state index in [1.165, 1.54) is 0 Å². The maximum atomic E-state index is 6.32. The molecule has 26 heavy (non-hydrogen) atoms. The fourth-order valence-electron chi connectivity index (χ4n) is 3.62. The molecular weight excluding hydrogens is 362 g/mol. The molecule has 0 amide bonds. The summed E-state index contributed by atoms with van der Waals surface area (Å²) in [6.45, 7) is 11.9. The fraction of sp³-hybridized carbons (Fsp3) is 0.400. The molecule has 2 N–H and O–H groups in total. The van der Waals surface area contributed by atoms with E-state index in [4.69, 9.17) is 21.8 Å². The van der Waals surface area contributed by atoms with E-state index < -0.39 is 8.32 Å². The number of hydrogen-bond acceptors (Lipinski definition) is 4. The van der Waals surface area contributed by atoms with Gasteiger partial charge in [0.15, 0.2) is 14.1 Å². The minimum absolute atomic E-state index is 0.280. The van der Waals surface area contributed by atoms with Gasteiger partial charge >= 0.3 is 0 Å². The summed E-state index contributed by atoms with van der Waals surface area (Å²) in [6.07, 6.45) is 0. The second-order valence-electron chi connectivity index (χ2n) is 8.66. The Morgan fingerprint density at radius 3 is 2.46 bits per heavy atom. The largest absolute Gasteiger partial charge is 0.413 e. The van der Waals surface area contributed by atoms with Gasteiger partial charge in [0.1, 0.15) is 10.7 Å². The molecule has 0 fully saturated rings. The Hall–Kier alpha value is -1.69. The van der Waals surface area contributed by atoms with E-state index in [9.17, 15) is 0 Å². The van der Waals surface area contributed by atoms with E-state index in [1.807, 2.05) is 6.07 Å². The molecular formula is C20H26ClN3OSi. The highest BCUT2D eigenvalue weighted by molar-refractivity contribution is 6.71. The number of benzene rings is 1. The normalized spacial score (nSPS) is 12.8. The van der Waals surface area contributed by atoms with Gasteiger partial charge in [-0.15, -0.1) is 0 Å². The lowest BCUT2D eigenvalue weighted by molar-refractivity contribution is 0.281. The van der Waals surface area contributed by atoms with Crippen molar-refractivity contribution < 1.29 is 4.43 Å². The molecule has 0 saturated carbocycles. The average Bonchev–Trinajstić information content (AvgIpc) is 2.51. The summed E-state index contributed by atoms with van der Waals surface area (Å²) in [7, 11) is -1.72. The summed E-state index contributed by atoms with van der Waals surface area (Å²) in [6, 6.07) is 11.1. The molecule has 0 bridgehead atoms. The van der Waals surface area contributed by atoms with Crippen LogP contribution in [0.5, 0.6) is 0 Å². The quantitative estimate of drug-likeness (QED) is 0.349. The van der Waals surface area contributed by atoms with Crippen LogP contribution in [0.4, 0.5) is 5.82 Å². The van der Waals surface area contributed by atoms with Crippen LogP contribution >= 0.6 is 11.6 Å². The van der Waals surface area contributed by atoms with E-state index >= 15 is 0 Å². The van der Waals surface area contributed by atoms with Crippen LogP contribution in [0.1, 0.15) is 26.3 Å². The van der Waals surface area contributed by atoms with Gasteiger partial charge < -0.3 is 10.2 Å². The molecule has 0 saturated heterocycles. The van der Waals surface area contributed by atoms with Crippen molar-refractivity contribution in [3.8, 4) is 0 Å². The lowest BCUT2D eigenvalue weighted by Gasteiger charge is -2.30. The predicted octanol–water partition coefficient (Wildman–Crippen LogP) is 5.79. The second kappa shape index (κ2) is 6.80. The third kappa shape index (κ3) is 4.34. The predicted molar refractivity (Wildman–Crippen MR) is 113 cm³/mol. The molecule has 0 radical (unpaired) electrons. The van der Waals surface area contributed by atoms with Crippen LogP contribution in [-0.4, -0.2) is 18.3 Å². The molecule has 1 aromatic carbocycles. The first-order valence-corrected chi connectivity index (χ1v) is 12.3. The van der Waals surface area contributed by atoms with Gasteiger partial charge in [-0.1, -0.05) is 44.5 Å². The number of fused-ring (bicyclic) bond motifs is 3. The van der Waals surface area contributed by atoms with Crippen molar-refractivity contribution in [2.75, 3.05) is 5.73 Å². The number of nitrogens with zero attached hydrogens (tertiary/aromatic N) is 2. The zero-order valence-corrected chi connectivity index (χ0v) is 17.8. The molecule has 0 aliphatic rings. The van der Waals surface area contributed by atoms with Gasteiger partial charge in [0.25, 0.3) is 0 Å². The van der Waals surface area contributed by atoms with Crippen molar-refractivity contribution in [2.24, 2.45) is 5.41 Å². The third-order valence-corrected chi connectivity index (χ3v) is 7.33. The molecule has 0 spiro atoms. The van der Waals surface area contributed by atoms with E-state index in [0.717, 1.165) is 27.9 Å². The summed E-state index contributed by atoms with van der Waals surface area (Å²) in [4.78, 5) is 8.83. The Labute approximate surface area is 160 Å². The maximum absolute atomic E-state index is 6.32. The van der Waals surface area contributed by atoms with Gasteiger partial charge in [-0.25, -0.2) is 9.97 Å². The van der Waals surface area contributed by atoms with Gasteiger partial charge in [0.05, 0.1) is 12.1 Å². The summed E-state index contributed by atoms with van der Waals surface area (Å²) in [5.74, 6) is 0.399. The van der Waals surface area contributed by atoms with Crippen LogP contribution in [0.25, 0.3) is 21.8 Å². The van der Waals surface area contributed by atoms with Crippen LogP contribution in [0, 0.1) is 5.41 Å². The summed E-state index contributed by atoms with van der Waals surface area (Å²) >= 11 is 5.99. The number of anilines is 1. The molecule has 6 heteroatoms. The van der Waals surface area contributed by atoms with E-state index in [-0.39, 0.29) is 5.41 Å². The topological polar surface area (TPSA) is 61.0 Å². The average molecular weight is 388 g/mol. The fourth-order valence-corrected chi connectivity index (χ4v) is 6.99. The molecule has 3 rings (SSSR count). The van der Waals surface area contributed by atoms with Crippen LogP contribution in [0.3, 0.4) is 0 Å². The van der Waals surface area contributed by atoms with Gasteiger partial charge in [0.2, 0.25) is 0 Å². The van der Waals surface area contributed by atoms with Crippen molar-refractivity contribution in [3.05, 3.63) is 41.0 Å². The van der Waals surface area contributed by atoms with E-state index in [1.54, 1.807) is 6.07 Å². The first-order valence-electron chi connectivity index (χ1n) is 8.82. The Morgan fingerprint density at radius 2 is 1.77 bits per heavy atom. The minimum Gasteiger partial charge on any atom is -0.413 e. The standard InChI is InChI=1S/C20H26ClN3OSi/c1-20(2,3)12-26(4,5)25-11-13-6-7-14-15-8-9-17(21)24-18(15)19(22)23-16(14)10-13/h6-10H,11-12H2,1-5H3,(H2,22,23). The highest BCUT2D eigenvalue weighted by Crippen LogP contribution is 2.31. The minimum atomic E-state index is -1.72. The molecule has 0 aliphatic carbocycles. The lowest BCUT2D eigenvalue weighted by atomic mass is 10.0. The van der Waals surface area contributed by atoms with Crippen LogP contribution < -0.4 is 5.73 Å². The SMILES string of the molecule is CC(C)(C)C[Si](C)(C)OCc1ccc2c(c1)nc(N)c1nc(Cl)ccc12. The summed E-state index contributed by atoms with van der Waals surface area (Å²) in [5.41, 5.74) is 8.99. The Bertz CT molecular complexity index is 967. The van der Waals surface area contributed by atoms with E-state index in [0.29, 0.717) is 23.1 Å². The Kier molecular flexibility index (Phi) is 4.99. The molecule has 0 aliphatic heterocycles. The molecule has 138 valence electrons. The van der Waals surface area contributed by atoms with Crippen molar-refractivity contribution >= 4 is 47.5 Å². The number of nitrogens with two attached hydrogens (primary N) is 1. The first kappa shape index (κ1) is 19.1.